The van der Waals surface area contributed by atoms with E-state index in [0.717, 1.165) is 60.9 Å². The van der Waals surface area contributed by atoms with Crippen molar-refractivity contribution in [3.05, 3.63) is 146 Å². The number of para-hydroxylation sites is 1. The van der Waals surface area contributed by atoms with Gasteiger partial charge in [0.2, 0.25) is 0 Å². The molecule has 0 amide bonds. The fourth-order valence-corrected chi connectivity index (χ4v) is 7.03. The van der Waals surface area contributed by atoms with Crippen LogP contribution >= 0.6 is 0 Å². The molecule has 9 rings (SSSR count). The first-order valence-corrected chi connectivity index (χ1v) is 17.4. The third kappa shape index (κ3) is 5.77. The molecule has 0 N–H and O–H groups in total. The quantitative estimate of drug-likeness (QED) is 0.211. The molecule has 54 heavy (non-hydrogen) atoms. The van der Waals surface area contributed by atoms with Crippen LogP contribution in [-0.2, 0) is 0 Å². The number of hydrogen-bond acceptors (Lipinski definition) is 4. The Labute approximate surface area is 319 Å². The molecule has 2 heterocycles. The van der Waals surface area contributed by atoms with Gasteiger partial charge in [-0.15, -0.1) is 16.4 Å². The third-order valence-corrected chi connectivity index (χ3v) is 9.87. The van der Waals surface area contributed by atoms with Crippen LogP contribution in [0.1, 0.15) is 0 Å². The number of fused-ring (bicyclic) bond motifs is 3. The molecule has 10 radical (unpaired) electrons. The van der Waals surface area contributed by atoms with E-state index in [1.807, 2.05) is 109 Å². The minimum Gasteiger partial charge on any atom is -0.455 e. The molecule has 0 aliphatic rings. The largest absolute Gasteiger partial charge is 0.455 e. The van der Waals surface area contributed by atoms with Crippen molar-refractivity contribution in [3.8, 4) is 67.5 Å². The number of benzene rings is 7. The lowest BCUT2D eigenvalue weighted by Gasteiger charge is -2.21. The van der Waals surface area contributed by atoms with Gasteiger partial charge in [0.25, 0.3) is 0 Å². The van der Waals surface area contributed by atoms with Gasteiger partial charge < -0.3 is 4.42 Å². The van der Waals surface area contributed by atoms with Crippen LogP contribution in [0.5, 0.6) is 0 Å². The van der Waals surface area contributed by atoms with Crippen molar-refractivity contribution in [1.29, 1.82) is 0 Å². The van der Waals surface area contributed by atoms with Crippen LogP contribution < -0.4 is 27.3 Å². The Morgan fingerprint density at radius 3 is 1.39 bits per heavy atom. The van der Waals surface area contributed by atoms with Gasteiger partial charge in [0, 0.05) is 21.9 Å². The van der Waals surface area contributed by atoms with E-state index in [0.29, 0.717) is 39.5 Å². The van der Waals surface area contributed by atoms with Gasteiger partial charge >= 0.3 is 0 Å². The monoisotopic (exact) mass is 677 g/mol. The van der Waals surface area contributed by atoms with E-state index in [4.69, 9.17) is 58.6 Å². The van der Waals surface area contributed by atoms with Crippen molar-refractivity contribution in [2.45, 2.75) is 0 Å². The van der Waals surface area contributed by atoms with E-state index >= 15 is 0 Å². The molecule has 7 aromatic carbocycles. The second-order valence-corrected chi connectivity index (χ2v) is 13.1. The van der Waals surface area contributed by atoms with E-state index in [9.17, 15) is 0 Å². The molecule has 240 valence electrons. The lowest BCUT2D eigenvalue weighted by atomic mass is 9.59. The Hall–Kier alpha value is -6.33. The molecule has 9 aromatic rings. The van der Waals surface area contributed by atoms with Crippen LogP contribution in [0.4, 0.5) is 0 Å². The zero-order chi connectivity index (χ0) is 36.9. The Kier molecular flexibility index (Phi) is 8.43. The van der Waals surface area contributed by atoms with Crippen molar-refractivity contribution in [1.82, 2.24) is 15.0 Å². The van der Waals surface area contributed by atoms with Gasteiger partial charge in [0.05, 0.1) is 5.56 Å². The minimum atomic E-state index is 0.197. The van der Waals surface area contributed by atoms with Crippen LogP contribution in [0.25, 0.3) is 89.5 Å². The summed E-state index contributed by atoms with van der Waals surface area (Å²) in [5.41, 5.74) is 10.9. The molecule has 0 unspecified atom stereocenters. The van der Waals surface area contributed by atoms with Gasteiger partial charge in [-0.1, -0.05) is 144 Å². The first-order chi connectivity index (χ1) is 26.4. The summed E-state index contributed by atoms with van der Waals surface area (Å²) in [6.45, 7) is 0. The van der Waals surface area contributed by atoms with Crippen LogP contribution in [0, 0.1) is 0 Å². The first kappa shape index (κ1) is 33.5. The lowest BCUT2D eigenvalue weighted by Crippen LogP contribution is -2.55. The van der Waals surface area contributed by atoms with Crippen molar-refractivity contribution < 1.29 is 4.42 Å². The molecule has 0 aliphatic heterocycles. The third-order valence-electron chi connectivity index (χ3n) is 9.87. The summed E-state index contributed by atoms with van der Waals surface area (Å²) in [6, 6.07) is 48.6. The fourth-order valence-electron chi connectivity index (χ4n) is 7.03. The Morgan fingerprint density at radius 1 is 0.352 bits per heavy atom. The normalized spacial score (nSPS) is 11.3. The smallest absolute Gasteiger partial charge is 0.167 e. The molecule has 0 atom stereocenters. The summed E-state index contributed by atoms with van der Waals surface area (Å²) >= 11 is 0. The maximum absolute atomic E-state index is 6.63. The summed E-state index contributed by atoms with van der Waals surface area (Å²) in [7, 11) is 30.8. The van der Waals surface area contributed by atoms with Crippen molar-refractivity contribution in [2.24, 2.45) is 0 Å². The molecule has 0 bridgehead atoms. The maximum Gasteiger partial charge on any atom is 0.167 e. The number of nitrogens with zero attached hydrogens (tertiary/aromatic N) is 3. The molecule has 4 nitrogen and oxygen atoms in total. The SMILES string of the molecule is [B]c1c([B])c([B])c(-c2ccc(-c3ccc(-c4cccc5oc6c(-c7nc(-c8ccccc8)nc(-c8ccccc8)n7)cccc6c45)cc3)cc2)c([B])c1[B]. The fraction of sp³-hybridized carbons (Fsp3) is 0. The first-order valence-electron chi connectivity index (χ1n) is 17.4. The van der Waals surface area contributed by atoms with E-state index in [2.05, 4.69) is 36.4 Å². The number of furan rings is 1. The highest BCUT2D eigenvalue weighted by Gasteiger charge is 2.20. The predicted octanol–water partition coefficient (Wildman–Crippen LogP) is 5.74. The lowest BCUT2D eigenvalue weighted by molar-refractivity contribution is 0.669. The van der Waals surface area contributed by atoms with Gasteiger partial charge in [0.15, 0.2) is 17.5 Å². The molecule has 0 spiro atoms. The Morgan fingerprint density at radius 2 is 0.815 bits per heavy atom. The summed E-state index contributed by atoms with van der Waals surface area (Å²) < 4.78 is 6.63. The van der Waals surface area contributed by atoms with E-state index in [-0.39, 0.29) is 16.4 Å². The second kappa shape index (κ2) is 13.6. The summed E-state index contributed by atoms with van der Waals surface area (Å²) in [4.78, 5) is 14.8. The Bertz CT molecular complexity index is 2770. The van der Waals surface area contributed by atoms with Gasteiger partial charge in [-0.25, -0.2) is 15.0 Å². The van der Waals surface area contributed by atoms with Crippen molar-refractivity contribution in [3.63, 3.8) is 0 Å². The van der Waals surface area contributed by atoms with E-state index in [1.54, 1.807) is 0 Å². The van der Waals surface area contributed by atoms with Crippen LogP contribution in [-0.4, -0.2) is 54.2 Å². The van der Waals surface area contributed by atoms with Crippen molar-refractivity contribution in [2.75, 3.05) is 0 Å². The second-order valence-electron chi connectivity index (χ2n) is 13.1. The summed E-state index contributed by atoms with van der Waals surface area (Å²) in [5, 5.41) is 1.99. The molecule has 0 fully saturated rings. The minimum absolute atomic E-state index is 0.197. The van der Waals surface area contributed by atoms with Crippen LogP contribution in [0.15, 0.2) is 150 Å². The van der Waals surface area contributed by atoms with Gasteiger partial charge in [-0.2, -0.15) is 0 Å². The maximum atomic E-state index is 6.63. The van der Waals surface area contributed by atoms with Gasteiger partial charge in [-0.3, -0.25) is 0 Å². The molecule has 0 saturated carbocycles. The highest BCUT2D eigenvalue weighted by Crippen LogP contribution is 2.40. The molecule has 0 saturated heterocycles. The molecular formula is C45H24B5N3O. The molecule has 2 aromatic heterocycles. The highest BCUT2D eigenvalue weighted by molar-refractivity contribution is 6.68. The number of aromatic nitrogens is 3. The van der Waals surface area contributed by atoms with Crippen molar-refractivity contribution >= 4 is 88.5 Å². The van der Waals surface area contributed by atoms with Gasteiger partial charge in [0.1, 0.15) is 50.4 Å². The number of hydrogen-bond donors (Lipinski definition) is 0. The number of rotatable bonds is 6. The van der Waals surface area contributed by atoms with Crippen LogP contribution in [0.2, 0.25) is 0 Å². The molecule has 0 aliphatic carbocycles. The average molecular weight is 677 g/mol. The predicted molar refractivity (Wildman–Crippen MR) is 227 cm³/mol. The average Bonchev–Trinajstić information content (AvgIpc) is 3.62. The van der Waals surface area contributed by atoms with Gasteiger partial charge in [-0.05, 0) is 45.5 Å². The van der Waals surface area contributed by atoms with Crippen LogP contribution in [0.3, 0.4) is 0 Å². The highest BCUT2D eigenvalue weighted by atomic mass is 16.3. The standard InChI is InChI=1S/C45H24B5N3O/c46-37-35(38(47)40(49)41(50)39(37)48)28-23-19-26(20-24-28)25-17-21-27(22-18-25)31-13-8-16-34-36(31)32-14-7-15-33(42(32)54-34)45-52-43(29-9-3-1-4-10-29)51-44(53-45)30-11-5-2-6-12-30/h1-24H. The zero-order valence-electron chi connectivity index (χ0n) is 29.0. The molecule has 9 heteroatoms. The summed E-state index contributed by atoms with van der Waals surface area (Å²) in [5.74, 6) is 1.73. The summed E-state index contributed by atoms with van der Waals surface area (Å²) in [6.07, 6.45) is 0. The van der Waals surface area contributed by atoms with E-state index < -0.39 is 0 Å². The zero-order valence-corrected chi connectivity index (χ0v) is 29.0. The Balaban J connectivity index is 1.10. The topological polar surface area (TPSA) is 51.8 Å². The van der Waals surface area contributed by atoms with E-state index in [1.165, 1.54) is 0 Å². The molecular weight excluding hydrogens is 653 g/mol.